The molecule has 30 heavy (non-hydrogen) atoms. The summed E-state index contributed by atoms with van der Waals surface area (Å²) in [6.45, 7) is 3.71. The molecule has 0 aromatic carbocycles. The van der Waals surface area contributed by atoms with Crippen LogP contribution in [0.2, 0.25) is 0 Å². The molecule has 0 bridgehead atoms. The van der Waals surface area contributed by atoms with E-state index in [0.29, 0.717) is 12.5 Å². The minimum atomic E-state index is -0.0204. The van der Waals surface area contributed by atoms with E-state index < -0.39 is 0 Å². The highest BCUT2D eigenvalue weighted by Crippen LogP contribution is 2.24. The smallest absolute Gasteiger partial charge is 0.243 e. The molecule has 3 rings (SSSR count). The number of amides is 1. The molecule has 1 fully saturated rings. The largest absolute Gasteiger partial charge is 0.468 e. The summed E-state index contributed by atoms with van der Waals surface area (Å²) < 4.78 is 5.74. The topological polar surface area (TPSA) is 73.1 Å². The third-order valence-corrected chi connectivity index (χ3v) is 6.22. The molecule has 1 unspecified atom stereocenters. The second-order valence-corrected chi connectivity index (χ2v) is 8.75. The van der Waals surface area contributed by atoms with Crippen LogP contribution in [0.3, 0.4) is 0 Å². The number of thiophene rings is 1. The van der Waals surface area contributed by atoms with Crippen LogP contribution in [0.15, 0.2) is 45.3 Å². The molecular weight excluding hydrogens is 398 g/mol. The van der Waals surface area contributed by atoms with Crippen LogP contribution in [0.25, 0.3) is 0 Å². The van der Waals surface area contributed by atoms with Gasteiger partial charge in [-0.05, 0) is 55.9 Å². The fraction of sp³-hybridized carbons (Fsp3) is 0.545. The third-order valence-electron chi connectivity index (χ3n) is 5.28. The van der Waals surface area contributed by atoms with Gasteiger partial charge in [0, 0.05) is 32.1 Å². The first-order valence-electron chi connectivity index (χ1n) is 10.7. The maximum Gasteiger partial charge on any atom is 0.243 e. The molecule has 0 saturated carbocycles. The monoisotopic (exact) mass is 431 g/mol. The highest BCUT2D eigenvalue weighted by Gasteiger charge is 2.24. The molecule has 164 valence electrons. The number of piperidine rings is 1. The predicted molar refractivity (Wildman–Crippen MR) is 122 cm³/mol. The number of nitrogens with one attached hydrogen (secondary N) is 2. The van der Waals surface area contributed by atoms with E-state index in [9.17, 15) is 4.79 Å². The van der Waals surface area contributed by atoms with Gasteiger partial charge in [-0.2, -0.15) is 0 Å². The van der Waals surface area contributed by atoms with Gasteiger partial charge < -0.3 is 20.0 Å². The Hall–Kier alpha value is -2.32. The van der Waals surface area contributed by atoms with Crippen molar-refractivity contribution in [3.8, 4) is 0 Å². The van der Waals surface area contributed by atoms with E-state index in [1.807, 2.05) is 12.1 Å². The molecule has 1 saturated heterocycles. The molecule has 2 aromatic rings. The van der Waals surface area contributed by atoms with Crippen molar-refractivity contribution in [3.05, 3.63) is 46.5 Å². The number of rotatable bonds is 9. The van der Waals surface area contributed by atoms with Gasteiger partial charge in [0.1, 0.15) is 12.3 Å². The van der Waals surface area contributed by atoms with Gasteiger partial charge >= 0.3 is 0 Å². The van der Waals surface area contributed by atoms with E-state index in [-0.39, 0.29) is 18.5 Å². The van der Waals surface area contributed by atoms with E-state index in [1.54, 1.807) is 36.6 Å². The number of furan rings is 1. The molecule has 3 heterocycles. The van der Waals surface area contributed by atoms with Crippen molar-refractivity contribution in [1.29, 1.82) is 0 Å². The van der Waals surface area contributed by atoms with Gasteiger partial charge in [-0.3, -0.25) is 9.69 Å². The predicted octanol–water partition coefficient (Wildman–Crippen LogP) is 2.73. The SMILES string of the molecule is CN(C)C(=O)CN=C(NCCc1cccs1)NCC(c1ccco1)N1CCCCC1. The van der Waals surface area contributed by atoms with Gasteiger partial charge in [0.05, 0.1) is 12.3 Å². The molecule has 1 atom stereocenters. The van der Waals surface area contributed by atoms with E-state index in [2.05, 4.69) is 38.0 Å². The minimum Gasteiger partial charge on any atom is -0.468 e. The zero-order valence-corrected chi connectivity index (χ0v) is 18.8. The molecule has 2 aromatic heterocycles. The van der Waals surface area contributed by atoms with Gasteiger partial charge in [0.15, 0.2) is 5.96 Å². The van der Waals surface area contributed by atoms with Crippen LogP contribution in [-0.4, -0.2) is 68.5 Å². The van der Waals surface area contributed by atoms with E-state index in [4.69, 9.17) is 4.42 Å². The summed E-state index contributed by atoms with van der Waals surface area (Å²) in [4.78, 5) is 21.9. The number of carbonyl (C=O) groups excluding carboxylic acids is 1. The van der Waals surface area contributed by atoms with Crippen molar-refractivity contribution >= 4 is 23.2 Å². The maximum absolute atomic E-state index is 12.0. The second kappa shape index (κ2) is 11.8. The van der Waals surface area contributed by atoms with Crippen molar-refractivity contribution < 1.29 is 9.21 Å². The Morgan fingerprint density at radius 1 is 1.23 bits per heavy atom. The Morgan fingerprint density at radius 2 is 2.07 bits per heavy atom. The summed E-state index contributed by atoms with van der Waals surface area (Å²) in [5, 5.41) is 8.92. The first-order valence-corrected chi connectivity index (χ1v) is 11.5. The number of carbonyl (C=O) groups is 1. The number of hydrogen-bond acceptors (Lipinski definition) is 5. The molecular formula is C22H33N5O2S. The van der Waals surface area contributed by atoms with Crippen LogP contribution in [0.1, 0.15) is 35.9 Å². The average Bonchev–Trinajstić information content (AvgIpc) is 3.46. The van der Waals surface area contributed by atoms with Crippen LogP contribution in [-0.2, 0) is 11.2 Å². The lowest BCUT2D eigenvalue weighted by molar-refractivity contribution is -0.127. The van der Waals surface area contributed by atoms with Gasteiger partial charge in [0.2, 0.25) is 5.91 Å². The average molecular weight is 432 g/mol. The fourth-order valence-electron chi connectivity index (χ4n) is 3.54. The standard InChI is InChI=1S/C22H33N5O2S/c1-26(2)21(28)17-25-22(23-11-10-18-8-7-15-30-18)24-16-19(20-9-6-14-29-20)27-12-4-3-5-13-27/h6-9,14-15,19H,3-5,10-13,16-17H2,1-2H3,(H2,23,24,25). The molecule has 7 nitrogen and oxygen atoms in total. The van der Waals surface area contributed by atoms with Crippen LogP contribution in [0.4, 0.5) is 0 Å². The highest BCUT2D eigenvalue weighted by atomic mass is 32.1. The molecule has 0 aliphatic carbocycles. The van der Waals surface area contributed by atoms with Crippen molar-refractivity contribution in [2.75, 3.05) is 46.8 Å². The van der Waals surface area contributed by atoms with Crippen LogP contribution < -0.4 is 10.6 Å². The quantitative estimate of drug-likeness (QED) is 0.472. The van der Waals surface area contributed by atoms with Crippen LogP contribution >= 0.6 is 11.3 Å². The van der Waals surface area contributed by atoms with E-state index in [1.165, 1.54) is 24.1 Å². The Morgan fingerprint density at radius 3 is 2.73 bits per heavy atom. The molecule has 2 N–H and O–H groups in total. The lowest BCUT2D eigenvalue weighted by Crippen LogP contribution is -2.45. The van der Waals surface area contributed by atoms with Gasteiger partial charge in [-0.1, -0.05) is 12.5 Å². The van der Waals surface area contributed by atoms with Gasteiger partial charge in [-0.25, -0.2) is 4.99 Å². The van der Waals surface area contributed by atoms with Crippen molar-refractivity contribution in [2.24, 2.45) is 4.99 Å². The normalized spacial score (nSPS) is 16.3. The Kier molecular flexibility index (Phi) is 8.77. The summed E-state index contributed by atoms with van der Waals surface area (Å²) >= 11 is 1.75. The summed E-state index contributed by atoms with van der Waals surface area (Å²) in [6.07, 6.45) is 6.38. The maximum atomic E-state index is 12.0. The molecule has 1 amide bonds. The van der Waals surface area contributed by atoms with Gasteiger partial charge in [-0.15, -0.1) is 11.3 Å². The van der Waals surface area contributed by atoms with Crippen molar-refractivity contribution in [2.45, 2.75) is 31.7 Å². The molecule has 8 heteroatoms. The Bertz CT molecular complexity index is 768. The summed E-state index contributed by atoms with van der Waals surface area (Å²) in [6, 6.07) is 8.33. The summed E-state index contributed by atoms with van der Waals surface area (Å²) in [5.41, 5.74) is 0. The van der Waals surface area contributed by atoms with Gasteiger partial charge in [0.25, 0.3) is 0 Å². The van der Waals surface area contributed by atoms with Crippen molar-refractivity contribution in [3.63, 3.8) is 0 Å². The fourth-order valence-corrected chi connectivity index (χ4v) is 4.24. The van der Waals surface area contributed by atoms with E-state index in [0.717, 1.165) is 31.8 Å². The van der Waals surface area contributed by atoms with Crippen LogP contribution in [0, 0.1) is 0 Å². The minimum absolute atomic E-state index is 0.0204. The highest BCUT2D eigenvalue weighted by molar-refractivity contribution is 7.09. The first-order chi connectivity index (χ1) is 14.6. The molecule has 1 aliphatic heterocycles. The number of nitrogens with zero attached hydrogens (tertiary/aromatic N) is 3. The van der Waals surface area contributed by atoms with Crippen molar-refractivity contribution in [1.82, 2.24) is 20.4 Å². The number of likely N-dealkylation sites (N-methyl/N-ethyl adjacent to an activating group) is 1. The zero-order chi connectivity index (χ0) is 21.2. The number of hydrogen-bond donors (Lipinski definition) is 2. The molecule has 0 spiro atoms. The first kappa shape index (κ1) is 22.4. The summed E-state index contributed by atoms with van der Waals surface area (Å²) in [5.74, 6) is 1.61. The number of likely N-dealkylation sites (tertiary alicyclic amines) is 1. The lowest BCUT2D eigenvalue weighted by atomic mass is 10.1. The number of guanidine groups is 1. The Labute approximate surface area is 183 Å². The second-order valence-electron chi connectivity index (χ2n) is 7.72. The third kappa shape index (κ3) is 6.88. The van der Waals surface area contributed by atoms with Crippen LogP contribution in [0.5, 0.6) is 0 Å². The Balaban J connectivity index is 1.62. The summed E-state index contributed by atoms with van der Waals surface area (Å²) in [7, 11) is 3.50. The molecule has 0 radical (unpaired) electrons. The van der Waals surface area contributed by atoms with E-state index >= 15 is 0 Å². The lowest BCUT2D eigenvalue weighted by Gasteiger charge is -2.33. The zero-order valence-electron chi connectivity index (χ0n) is 18.0. The number of aliphatic imine (C=N–C) groups is 1. The molecule has 1 aliphatic rings.